The minimum Gasteiger partial charge on any atom is -0.465 e. The number of rotatable bonds is 3. The molecule has 0 saturated heterocycles. The Morgan fingerprint density at radius 1 is 1.33 bits per heavy atom. The van der Waals surface area contributed by atoms with Gasteiger partial charge < -0.3 is 10.1 Å². The number of aryl methyl sites for hydroxylation is 1. The molecule has 0 fully saturated rings. The fourth-order valence-electron chi connectivity index (χ4n) is 1.55. The van der Waals surface area contributed by atoms with Crippen LogP contribution >= 0.6 is 0 Å². The van der Waals surface area contributed by atoms with Gasteiger partial charge in [-0.3, -0.25) is 4.98 Å². The zero-order valence-corrected chi connectivity index (χ0v) is 10.2. The SMILES string of the molecule is COC(=O)c1cc(C)ccc1Nc1cnccn1. The van der Waals surface area contributed by atoms with Crippen LogP contribution in [0.25, 0.3) is 0 Å². The molecule has 0 spiro atoms. The Morgan fingerprint density at radius 3 is 2.83 bits per heavy atom. The first-order valence-electron chi connectivity index (χ1n) is 5.42. The van der Waals surface area contributed by atoms with E-state index in [9.17, 15) is 4.79 Å². The highest BCUT2D eigenvalue weighted by molar-refractivity contribution is 5.96. The van der Waals surface area contributed by atoms with Crippen molar-refractivity contribution in [1.29, 1.82) is 0 Å². The zero-order chi connectivity index (χ0) is 13.0. The van der Waals surface area contributed by atoms with Crippen LogP contribution in [0, 0.1) is 6.92 Å². The number of aromatic nitrogens is 2. The summed E-state index contributed by atoms with van der Waals surface area (Å²) in [6.45, 7) is 1.92. The van der Waals surface area contributed by atoms with Crippen LogP contribution in [0.4, 0.5) is 11.5 Å². The largest absolute Gasteiger partial charge is 0.465 e. The Labute approximate surface area is 105 Å². The Hall–Kier alpha value is -2.43. The second kappa shape index (κ2) is 5.27. The molecule has 1 N–H and O–H groups in total. The van der Waals surface area contributed by atoms with E-state index in [-0.39, 0.29) is 5.97 Å². The molecule has 0 radical (unpaired) electrons. The van der Waals surface area contributed by atoms with Crippen LogP contribution in [0.15, 0.2) is 36.8 Å². The molecule has 0 aliphatic rings. The molecule has 0 atom stereocenters. The number of hydrogen-bond acceptors (Lipinski definition) is 5. The highest BCUT2D eigenvalue weighted by Gasteiger charge is 2.12. The van der Waals surface area contributed by atoms with Crippen LogP contribution in [-0.4, -0.2) is 23.0 Å². The van der Waals surface area contributed by atoms with Crippen molar-refractivity contribution >= 4 is 17.5 Å². The van der Waals surface area contributed by atoms with Gasteiger partial charge in [-0.2, -0.15) is 0 Å². The summed E-state index contributed by atoms with van der Waals surface area (Å²) in [7, 11) is 1.36. The first-order valence-corrected chi connectivity index (χ1v) is 5.42. The van der Waals surface area contributed by atoms with Gasteiger partial charge in [-0.05, 0) is 19.1 Å². The van der Waals surface area contributed by atoms with Gasteiger partial charge in [0.15, 0.2) is 0 Å². The standard InChI is InChI=1S/C13H13N3O2/c1-9-3-4-11(10(7-9)13(17)18-2)16-12-8-14-5-6-15-12/h3-8H,1-2H3,(H,15,16). The Bertz CT molecular complexity index is 555. The van der Waals surface area contributed by atoms with Gasteiger partial charge >= 0.3 is 5.97 Å². The monoisotopic (exact) mass is 243 g/mol. The number of carbonyl (C=O) groups excluding carboxylic acids is 1. The van der Waals surface area contributed by atoms with E-state index in [1.807, 2.05) is 19.1 Å². The molecule has 18 heavy (non-hydrogen) atoms. The lowest BCUT2D eigenvalue weighted by Gasteiger charge is -2.10. The van der Waals surface area contributed by atoms with Crippen molar-refractivity contribution < 1.29 is 9.53 Å². The average molecular weight is 243 g/mol. The van der Waals surface area contributed by atoms with E-state index in [0.29, 0.717) is 17.1 Å². The Kier molecular flexibility index (Phi) is 3.52. The van der Waals surface area contributed by atoms with Gasteiger partial charge in [-0.1, -0.05) is 11.6 Å². The number of benzene rings is 1. The van der Waals surface area contributed by atoms with Crippen molar-refractivity contribution in [2.75, 3.05) is 12.4 Å². The van der Waals surface area contributed by atoms with Gasteiger partial charge in [0.1, 0.15) is 5.82 Å². The van der Waals surface area contributed by atoms with Gasteiger partial charge in [0, 0.05) is 12.4 Å². The molecule has 92 valence electrons. The van der Waals surface area contributed by atoms with E-state index >= 15 is 0 Å². The first kappa shape index (κ1) is 12.0. The summed E-state index contributed by atoms with van der Waals surface area (Å²) >= 11 is 0. The maximum absolute atomic E-state index is 11.7. The zero-order valence-electron chi connectivity index (χ0n) is 10.2. The van der Waals surface area contributed by atoms with Crippen LogP contribution in [0.2, 0.25) is 0 Å². The number of methoxy groups -OCH3 is 1. The van der Waals surface area contributed by atoms with Crippen molar-refractivity contribution in [3.8, 4) is 0 Å². The fourth-order valence-corrected chi connectivity index (χ4v) is 1.55. The number of ether oxygens (including phenoxy) is 1. The molecule has 0 aliphatic heterocycles. The van der Waals surface area contributed by atoms with E-state index in [0.717, 1.165) is 5.56 Å². The van der Waals surface area contributed by atoms with Crippen LogP contribution in [0.1, 0.15) is 15.9 Å². The minimum absolute atomic E-state index is 0.384. The van der Waals surface area contributed by atoms with E-state index in [4.69, 9.17) is 4.74 Å². The summed E-state index contributed by atoms with van der Waals surface area (Å²) in [5.74, 6) is 0.191. The lowest BCUT2D eigenvalue weighted by atomic mass is 10.1. The summed E-state index contributed by atoms with van der Waals surface area (Å²) in [5.41, 5.74) is 2.11. The third-order valence-electron chi connectivity index (χ3n) is 2.41. The topological polar surface area (TPSA) is 64.1 Å². The van der Waals surface area contributed by atoms with Gasteiger partial charge in [0.25, 0.3) is 0 Å². The molecule has 0 saturated carbocycles. The summed E-state index contributed by atoms with van der Waals surface area (Å²) in [4.78, 5) is 19.7. The maximum Gasteiger partial charge on any atom is 0.339 e. The number of nitrogens with one attached hydrogen (secondary N) is 1. The molecule has 0 aliphatic carbocycles. The highest BCUT2D eigenvalue weighted by atomic mass is 16.5. The second-order valence-corrected chi connectivity index (χ2v) is 3.76. The maximum atomic E-state index is 11.7. The molecular weight excluding hydrogens is 230 g/mol. The van der Waals surface area contributed by atoms with Crippen molar-refractivity contribution in [3.05, 3.63) is 47.9 Å². The van der Waals surface area contributed by atoms with Gasteiger partial charge in [0.2, 0.25) is 0 Å². The average Bonchev–Trinajstić information content (AvgIpc) is 2.41. The van der Waals surface area contributed by atoms with E-state index < -0.39 is 0 Å². The van der Waals surface area contributed by atoms with E-state index in [2.05, 4.69) is 15.3 Å². The number of esters is 1. The predicted molar refractivity (Wildman–Crippen MR) is 67.8 cm³/mol. The molecule has 1 aromatic carbocycles. The van der Waals surface area contributed by atoms with E-state index in [1.54, 1.807) is 24.7 Å². The third kappa shape index (κ3) is 2.63. The van der Waals surface area contributed by atoms with Crippen molar-refractivity contribution in [2.24, 2.45) is 0 Å². The molecule has 1 aromatic heterocycles. The predicted octanol–water partition coefficient (Wildman–Crippen LogP) is 2.32. The number of anilines is 2. The van der Waals surface area contributed by atoms with Crippen LogP contribution < -0.4 is 5.32 Å². The van der Waals surface area contributed by atoms with Gasteiger partial charge in [-0.25, -0.2) is 9.78 Å². The fraction of sp³-hybridized carbons (Fsp3) is 0.154. The summed E-state index contributed by atoms with van der Waals surface area (Å²) in [5, 5.41) is 3.04. The molecule has 2 rings (SSSR count). The second-order valence-electron chi connectivity index (χ2n) is 3.76. The lowest BCUT2D eigenvalue weighted by molar-refractivity contribution is 0.0602. The summed E-state index contributed by atoms with van der Waals surface area (Å²) in [6, 6.07) is 5.49. The number of carbonyl (C=O) groups is 1. The summed E-state index contributed by atoms with van der Waals surface area (Å²) in [6.07, 6.45) is 4.75. The van der Waals surface area contributed by atoms with Gasteiger partial charge in [-0.15, -0.1) is 0 Å². The van der Waals surface area contributed by atoms with Crippen LogP contribution in [0.5, 0.6) is 0 Å². The quantitative estimate of drug-likeness (QED) is 0.838. The molecule has 5 heteroatoms. The van der Waals surface area contributed by atoms with Crippen molar-refractivity contribution in [1.82, 2.24) is 9.97 Å². The van der Waals surface area contributed by atoms with Crippen LogP contribution in [-0.2, 0) is 4.74 Å². The van der Waals surface area contributed by atoms with Gasteiger partial charge in [0.05, 0.1) is 24.6 Å². The lowest BCUT2D eigenvalue weighted by Crippen LogP contribution is -2.06. The molecule has 5 nitrogen and oxygen atoms in total. The molecule has 0 bridgehead atoms. The smallest absolute Gasteiger partial charge is 0.339 e. The first-order chi connectivity index (χ1) is 8.70. The molecule has 1 heterocycles. The number of nitrogens with zero attached hydrogens (tertiary/aromatic N) is 2. The summed E-state index contributed by atoms with van der Waals surface area (Å²) < 4.78 is 4.75. The minimum atomic E-state index is -0.384. The van der Waals surface area contributed by atoms with E-state index in [1.165, 1.54) is 7.11 Å². The third-order valence-corrected chi connectivity index (χ3v) is 2.41. The molecular formula is C13H13N3O2. The number of hydrogen-bond donors (Lipinski definition) is 1. The van der Waals surface area contributed by atoms with Crippen molar-refractivity contribution in [2.45, 2.75) is 6.92 Å². The Morgan fingerprint density at radius 2 is 2.17 bits per heavy atom. The van der Waals surface area contributed by atoms with Crippen molar-refractivity contribution in [3.63, 3.8) is 0 Å². The highest BCUT2D eigenvalue weighted by Crippen LogP contribution is 2.21. The molecule has 0 amide bonds. The molecule has 0 unspecified atom stereocenters. The Balaban J connectivity index is 2.35. The normalized spacial score (nSPS) is 9.89. The van der Waals surface area contributed by atoms with Crippen LogP contribution in [0.3, 0.4) is 0 Å². The molecule has 2 aromatic rings.